The van der Waals surface area contributed by atoms with Crippen molar-refractivity contribution in [2.45, 2.75) is 6.54 Å². The molecule has 3 rings (SSSR count). The summed E-state index contributed by atoms with van der Waals surface area (Å²) in [6, 6.07) is 13.4. The van der Waals surface area contributed by atoms with Crippen molar-refractivity contribution in [1.29, 1.82) is 5.26 Å². The highest BCUT2D eigenvalue weighted by atomic mass is 35.5. The van der Waals surface area contributed by atoms with E-state index < -0.39 is 11.7 Å². The molecule has 1 heterocycles. The Morgan fingerprint density at radius 1 is 1.30 bits per heavy atom. The van der Waals surface area contributed by atoms with Crippen LogP contribution in [0.25, 0.3) is 11.1 Å². The van der Waals surface area contributed by atoms with Gasteiger partial charge in [0.25, 0.3) is 0 Å². The molecule has 23 heavy (non-hydrogen) atoms. The Morgan fingerprint density at radius 2 is 2.09 bits per heavy atom. The summed E-state index contributed by atoms with van der Waals surface area (Å²) in [6.07, 6.45) is 0. The van der Waals surface area contributed by atoms with Crippen LogP contribution in [-0.2, 0) is 11.3 Å². The van der Waals surface area contributed by atoms with Gasteiger partial charge >= 0.3 is 5.76 Å². The number of hydrogen-bond acceptors (Lipinski definition) is 4. The number of rotatable bonds is 3. The van der Waals surface area contributed by atoms with Crippen molar-refractivity contribution in [3.63, 3.8) is 0 Å². The fourth-order valence-electron chi connectivity index (χ4n) is 2.19. The van der Waals surface area contributed by atoms with E-state index in [1.807, 2.05) is 6.07 Å². The third-order valence-corrected chi connectivity index (χ3v) is 3.56. The Hall–Kier alpha value is -3.04. The first-order valence-corrected chi connectivity index (χ1v) is 7.04. The van der Waals surface area contributed by atoms with Gasteiger partial charge in [0.15, 0.2) is 5.58 Å². The zero-order chi connectivity index (χ0) is 16.4. The van der Waals surface area contributed by atoms with Crippen molar-refractivity contribution >= 4 is 34.3 Å². The highest BCUT2D eigenvalue weighted by molar-refractivity contribution is 6.32. The summed E-state index contributed by atoms with van der Waals surface area (Å²) in [4.78, 5) is 23.9. The molecular formula is C16H10ClN3O3. The summed E-state index contributed by atoms with van der Waals surface area (Å²) < 4.78 is 6.32. The van der Waals surface area contributed by atoms with Gasteiger partial charge in [-0.1, -0.05) is 23.7 Å². The van der Waals surface area contributed by atoms with Gasteiger partial charge in [-0.15, -0.1) is 0 Å². The van der Waals surface area contributed by atoms with E-state index in [9.17, 15) is 9.59 Å². The van der Waals surface area contributed by atoms with Crippen LogP contribution in [0.2, 0.25) is 5.02 Å². The van der Waals surface area contributed by atoms with Gasteiger partial charge in [-0.25, -0.2) is 4.79 Å². The maximum Gasteiger partial charge on any atom is 0.420 e. The second-order valence-corrected chi connectivity index (χ2v) is 5.18. The largest absolute Gasteiger partial charge is 0.420 e. The molecular weight excluding hydrogens is 318 g/mol. The Kier molecular flexibility index (Phi) is 3.87. The van der Waals surface area contributed by atoms with Crippen molar-refractivity contribution in [1.82, 2.24) is 4.57 Å². The SMILES string of the molecule is N#Cc1ccc(NC(=O)Cn2c(=O)oc3ccccc32)cc1Cl. The number of halogens is 1. The summed E-state index contributed by atoms with van der Waals surface area (Å²) in [6.45, 7) is -0.187. The molecule has 0 aliphatic rings. The van der Waals surface area contributed by atoms with Gasteiger partial charge in [0, 0.05) is 5.69 Å². The molecule has 0 aliphatic carbocycles. The quantitative estimate of drug-likeness (QED) is 0.801. The molecule has 7 heteroatoms. The minimum absolute atomic E-state index is 0.187. The van der Waals surface area contributed by atoms with E-state index in [0.717, 1.165) is 0 Å². The number of hydrogen-bond donors (Lipinski definition) is 1. The van der Waals surface area contributed by atoms with Crippen LogP contribution in [0.1, 0.15) is 5.56 Å². The van der Waals surface area contributed by atoms with Crippen molar-refractivity contribution in [3.8, 4) is 6.07 Å². The smallest absolute Gasteiger partial charge is 0.408 e. The Balaban J connectivity index is 1.82. The molecule has 0 aliphatic heterocycles. The van der Waals surface area contributed by atoms with Gasteiger partial charge in [-0.05, 0) is 30.3 Å². The third-order valence-electron chi connectivity index (χ3n) is 3.25. The van der Waals surface area contributed by atoms with Crippen LogP contribution in [0.15, 0.2) is 51.7 Å². The molecule has 0 atom stereocenters. The number of oxazole rings is 1. The maximum atomic E-state index is 12.1. The molecule has 3 aromatic rings. The van der Waals surface area contributed by atoms with E-state index in [0.29, 0.717) is 22.4 Å². The molecule has 1 N–H and O–H groups in total. The van der Waals surface area contributed by atoms with Crippen molar-refractivity contribution in [3.05, 3.63) is 63.6 Å². The Morgan fingerprint density at radius 3 is 2.83 bits per heavy atom. The van der Waals surface area contributed by atoms with Gasteiger partial charge < -0.3 is 9.73 Å². The molecule has 0 saturated heterocycles. The lowest BCUT2D eigenvalue weighted by Gasteiger charge is -2.06. The average Bonchev–Trinajstić information content (AvgIpc) is 2.83. The third kappa shape index (κ3) is 2.96. The van der Waals surface area contributed by atoms with Gasteiger partial charge in [0.2, 0.25) is 5.91 Å². The van der Waals surface area contributed by atoms with Crippen LogP contribution in [0.4, 0.5) is 5.69 Å². The van der Waals surface area contributed by atoms with Crippen LogP contribution in [0, 0.1) is 11.3 Å². The monoisotopic (exact) mass is 327 g/mol. The Labute approximate surface area is 135 Å². The fraction of sp³-hybridized carbons (Fsp3) is 0.0625. The maximum absolute atomic E-state index is 12.1. The lowest BCUT2D eigenvalue weighted by molar-refractivity contribution is -0.116. The van der Waals surface area contributed by atoms with Crippen LogP contribution in [-0.4, -0.2) is 10.5 Å². The number of fused-ring (bicyclic) bond motifs is 1. The van der Waals surface area contributed by atoms with Crippen molar-refractivity contribution in [2.24, 2.45) is 0 Å². The fourth-order valence-corrected chi connectivity index (χ4v) is 2.41. The van der Waals surface area contributed by atoms with Gasteiger partial charge in [0.1, 0.15) is 12.6 Å². The van der Waals surface area contributed by atoms with Gasteiger partial charge in [-0.3, -0.25) is 9.36 Å². The number of nitrogens with zero attached hydrogens (tertiary/aromatic N) is 2. The summed E-state index contributed by atoms with van der Waals surface area (Å²) in [5.41, 5.74) is 1.73. The predicted molar refractivity (Wildman–Crippen MR) is 85.3 cm³/mol. The van der Waals surface area contributed by atoms with E-state index in [2.05, 4.69) is 5.32 Å². The first-order valence-electron chi connectivity index (χ1n) is 6.66. The molecule has 0 spiro atoms. The topological polar surface area (TPSA) is 88.0 Å². The van der Waals surface area contributed by atoms with Gasteiger partial charge in [-0.2, -0.15) is 5.26 Å². The number of amides is 1. The lowest BCUT2D eigenvalue weighted by atomic mass is 10.2. The van der Waals surface area contributed by atoms with Gasteiger partial charge in [0.05, 0.1) is 16.1 Å². The number of carbonyl (C=O) groups is 1. The molecule has 1 amide bonds. The number of nitrogens with one attached hydrogen (secondary N) is 1. The first-order chi connectivity index (χ1) is 11.1. The van der Waals surface area contributed by atoms with E-state index in [1.165, 1.54) is 16.7 Å². The molecule has 0 unspecified atom stereocenters. The highest BCUT2D eigenvalue weighted by Gasteiger charge is 2.12. The molecule has 114 valence electrons. The zero-order valence-electron chi connectivity index (χ0n) is 11.7. The van der Waals surface area contributed by atoms with Crippen molar-refractivity contribution < 1.29 is 9.21 Å². The lowest BCUT2D eigenvalue weighted by Crippen LogP contribution is -2.24. The van der Waals surface area contributed by atoms with E-state index >= 15 is 0 Å². The number of aromatic nitrogens is 1. The number of anilines is 1. The number of nitriles is 1. The second-order valence-electron chi connectivity index (χ2n) is 4.78. The van der Waals surface area contributed by atoms with E-state index in [1.54, 1.807) is 30.3 Å². The van der Waals surface area contributed by atoms with E-state index in [4.69, 9.17) is 21.3 Å². The minimum atomic E-state index is -0.598. The molecule has 1 aromatic heterocycles. The zero-order valence-corrected chi connectivity index (χ0v) is 12.5. The average molecular weight is 328 g/mol. The molecule has 0 radical (unpaired) electrons. The number of benzene rings is 2. The molecule has 6 nitrogen and oxygen atoms in total. The highest BCUT2D eigenvalue weighted by Crippen LogP contribution is 2.20. The standard InChI is InChI=1S/C16H10ClN3O3/c17-12-7-11(6-5-10(12)8-18)19-15(21)9-20-13-3-1-2-4-14(13)23-16(20)22/h1-7H,9H2,(H,19,21). The molecule has 2 aromatic carbocycles. The molecule has 0 saturated carbocycles. The van der Waals surface area contributed by atoms with E-state index in [-0.39, 0.29) is 11.6 Å². The molecule has 0 fully saturated rings. The second kappa shape index (κ2) is 5.99. The predicted octanol–water partition coefficient (Wildman–Crippen LogP) is 2.76. The van der Waals surface area contributed by atoms with Crippen LogP contribution < -0.4 is 11.1 Å². The number of carbonyl (C=O) groups excluding carboxylic acids is 1. The summed E-state index contributed by atoms with van der Waals surface area (Å²) in [5.74, 6) is -1.00. The minimum Gasteiger partial charge on any atom is -0.408 e. The van der Waals surface area contributed by atoms with Crippen LogP contribution in [0.5, 0.6) is 0 Å². The normalized spacial score (nSPS) is 10.4. The Bertz CT molecular complexity index is 998. The number of para-hydroxylation sites is 2. The molecule has 0 bridgehead atoms. The van der Waals surface area contributed by atoms with Crippen LogP contribution in [0.3, 0.4) is 0 Å². The summed E-state index contributed by atoms with van der Waals surface area (Å²) in [7, 11) is 0. The van der Waals surface area contributed by atoms with Crippen LogP contribution >= 0.6 is 11.6 Å². The first kappa shape index (κ1) is 14.9. The summed E-state index contributed by atoms with van der Waals surface area (Å²) in [5, 5.41) is 11.7. The summed E-state index contributed by atoms with van der Waals surface area (Å²) >= 11 is 5.92. The van der Waals surface area contributed by atoms with Crippen molar-refractivity contribution in [2.75, 3.05) is 5.32 Å².